The molecule has 0 radical (unpaired) electrons. The van der Waals surface area contributed by atoms with E-state index in [1.54, 1.807) is 0 Å². The van der Waals surface area contributed by atoms with Gasteiger partial charge in [0.15, 0.2) is 0 Å². The minimum atomic E-state index is 0.360. The molecule has 1 N–H and O–H groups in total. The second-order valence-corrected chi connectivity index (χ2v) is 5.22. The van der Waals surface area contributed by atoms with E-state index in [4.69, 9.17) is 0 Å². The first-order chi connectivity index (χ1) is 5.55. The molecule has 1 spiro atoms. The Hall–Kier alpha value is -0.0800. The van der Waals surface area contributed by atoms with Crippen molar-refractivity contribution in [1.82, 2.24) is 10.2 Å². The molecule has 0 bridgehead atoms. The zero-order chi connectivity index (χ0) is 8.82. The molecule has 2 nitrogen and oxygen atoms in total. The predicted molar refractivity (Wildman–Crippen MR) is 51.3 cm³/mol. The fourth-order valence-electron chi connectivity index (χ4n) is 2.48. The van der Waals surface area contributed by atoms with Gasteiger partial charge in [-0.15, -0.1) is 0 Å². The minimum Gasteiger partial charge on any atom is -0.314 e. The monoisotopic (exact) mass is 168 g/mol. The molecule has 2 rings (SSSR count). The number of piperazine rings is 1. The molecule has 1 saturated carbocycles. The SMILES string of the molecule is CC(C)(C)N1CCNCC12CC2. The van der Waals surface area contributed by atoms with Crippen LogP contribution in [0.15, 0.2) is 0 Å². The average Bonchev–Trinajstić information content (AvgIpc) is 2.68. The van der Waals surface area contributed by atoms with Gasteiger partial charge in [0.1, 0.15) is 0 Å². The van der Waals surface area contributed by atoms with E-state index in [1.165, 1.54) is 32.5 Å². The van der Waals surface area contributed by atoms with Crippen molar-refractivity contribution in [2.45, 2.75) is 44.7 Å². The standard InChI is InChI=1S/C10H20N2/c1-9(2,3)12-7-6-11-8-10(12)4-5-10/h11H,4-8H2,1-3H3. The van der Waals surface area contributed by atoms with Crippen LogP contribution in [0.1, 0.15) is 33.6 Å². The van der Waals surface area contributed by atoms with Gasteiger partial charge in [0.25, 0.3) is 0 Å². The zero-order valence-corrected chi connectivity index (χ0v) is 8.48. The molecular formula is C10H20N2. The molecule has 0 aromatic rings. The smallest absolute Gasteiger partial charge is 0.0341 e. The topological polar surface area (TPSA) is 15.3 Å². The van der Waals surface area contributed by atoms with Crippen LogP contribution in [0.3, 0.4) is 0 Å². The van der Waals surface area contributed by atoms with Crippen molar-refractivity contribution in [1.29, 1.82) is 0 Å². The Kier molecular flexibility index (Phi) is 1.74. The van der Waals surface area contributed by atoms with Crippen LogP contribution in [-0.4, -0.2) is 35.6 Å². The van der Waals surface area contributed by atoms with Crippen LogP contribution < -0.4 is 5.32 Å². The van der Waals surface area contributed by atoms with E-state index >= 15 is 0 Å². The van der Waals surface area contributed by atoms with Crippen molar-refractivity contribution in [3.05, 3.63) is 0 Å². The summed E-state index contributed by atoms with van der Waals surface area (Å²) in [7, 11) is 0. The minimum absolute atomic E-state index is 0.360. The van der Waals surface area contributed by atoms with Crippen molar-refractivity contribution >= 4 is 0 Å². The maximum absolute atomic E-state index is 3.50. The molecule has 0 amide bonds. The lowest BCUT2D eigenvalue weighted by atomic mass is 9.99. The Morgan fingerprint density at radius 1 is 1.25 bits per heavy atom. The van der Waals surface area contributed by atoms with Crippen LogP contribution in [0.25, 0.3) is 0 Å². The maximum atomic E-state index is 3.50. The van der Waals surface area contributed by atoms with Gasteiger partial charge >= 0.3 is 0 Å². The molecule has 1 aliphatic heterocycles. The second kappa shape index (κ2) is 2.46. The second-order valence-electron chi connectivity index (χ2n) is 5.22. The fourth-order valence-corrected chi connectivity index (χ4v) is 2.48. The molecule has 70 valence electrons. The number of rotatable bonds is 0. The highest BCUT2D eigenvalue weighted by atomic mass is 15.3. The molecule has 2 aliphatic rings. The van der Waals surface area contributed by atoms with Crippen molar-refractivity contribution in [2.24, 2.45) is 0 Å². The Labute approximate surface area is 75.3 Å². The molecule has 0 aromatic heterocycles. The first-order valence-corrected chi connectivity index (χ1v) is 5.03. The normalized spacial score (nSPS) is 29.2. The number of nitrogens with zero attached hydrogens (tertiary/aromatic N) is 1. The van der Waals surface area contributed by atoms with E-state index in [9.17, 15) is 0 Å². The van der Waals surface area contributed by atoms with Crippen LogP contribution in [-0.2, 0) is 0 Å². The molecule has 0 atom stereocenters. The summed E-state index contributed by atoms with van der Waals surface area (Å²) in [4.78, 5) is 2.69. The first kappa shape index (κ1) is 8.52. The van der Waals surface area contributed by atoms with E-state index in [0.717, 1.165) is 0 Å². The van der Waals surface area contributed by atoms with Crippen LogP contribution in [0.2, 0.25) is 0 Å². The lowest BCUT2D eigenvalue weighted by Gasteiger charge is -2.45. The molecule has 0 aromatic carbocycles. The highest BCUT2D eigenvalue weighted by Gasteiger charge is 2.52. The Balaban J connectivity index is 2.12. The average molecular weight is 168 g/mol. The van der Waals surface area contributed by atoms with E-state index < -0.39 is 0 Å². The van der Waals surface area contributed by atoms with Crippen molar-refractivity contribution in [2.75, 3.05) is 19.6 Å². The largest absolute Gasteiger partial charge is 0.314 e. The summed E-state index contributed by atoms with van der Waals surface area (Å²) < 4.78 is 0. The highest BCUT2D eigenvalue weighted by Crippen LogP contribution is 2.45. The Morgan fingerprint density at radius 3 is 2.33 bits per heavy atom. The number of hydrogen-bond acceptors (Lipinski definition) is 2. The molecule has 2 fully saturated rings. The summed E-state index contributed by atoms with van der Waals surface area (Å²) in [5.74, 6) is 0. The predicted octanol–water partition coefficient (Wildman–Crippen LogP) is 1.22. The summed E-state index contributed by atoms with van der Waals surface area (Å²) in [6.45, 7) is 10.6. The van der Waals surface area contributed by atoms with Gasteiger partial charge < -0.3 is 5.32 Å². The van der Waals surface area contributed by atoms with Crippen LogP contribution in [0, 0.1) is 0 Å². The van der Waals surface area contributed by atoms with Gasteiger partial charge in [-0.3, -0.25) is 4.90 Å². The van der Waals surface area contributed by atoms with E-state index in [0.29, 0.717) is 11.1 Å². The van der Waals surface area contributed by atoms with Crippen molar-refractivity contribution in [3.63, 3.8) is 0 Å². The van der Waals surface area contributed by atoms with Crippen molar-refractivity contribution < 1.29 is 0 Å². The van der Waals surface area contributed by atoms with Gasteiger partial charge in [0, 0.05) is 30.7 Å². The quantitative estimate of drug-likeness (QED) is 0.585. The summed E-state index contributed by atoms with van der Waals surface area (Å²) in [6, 6.07) is 0. The zero-order valence-electron chi connectivity index (χ0n) is 8.48. The molecule has 12 heavy (non-hydrogen) atoms. The summed E-state index contributed by atoms with van der Waals surface area (Å²) in [5, 5.41) is 3.50. The van der Waals surface area contributed by atoms with Gasteiger partial charge in [-0.2, -0.15) is 0 Å². The van der Waals surface area contributed by atoms with E-state index in [2.05, 4.69) is 31.0 Å². The molecule has 0 unspecified atom stereocenters. The van der Waals surface area contributed by atoms with Crippen LogP contribution in [0.4, 0.5) is 0 Å². The van der Waals surface area contributed by atoms with Gasteiger partial charge in [0.05, 0.1) is 0 Å². The van der Waals surface area contributed by atoms with Gasteiger partial charge in [0.2, 0.25) is 0 Å². The Bertz CT molecular complexity index is 177. The van der Waals surface area contributed by atoms with E-state index in [-0.39, 0.29) is 0 Å². The highest BCUT2D eigenvalue weighted by molar-refractivity contribution is 5.10. The summed E-state index contributed by atoms with van der Waals surface area (Å²) in [5.41, 5.74) is 0.912. The molecule has 1 aliphatic carbocycles. The lowest BCUT2D eigenvalue weighted by Crippen LogP contribution is -2.59. The third kappa shape index (κ3) is 1.27. The molecule has 1 saturated heterocycles. The molecule has 1 heterocycles. The summed E-state index contributed by atoms with van der Waals surface area (Å²) >= 11 is 0. The first-order valence-electron chi connectivity index (χ1n) is 5.03. The van der Waals surface area contributed by atoms with Crippen LogP contribution in [0.5, 0.6) is 0 Å². The number of nitrogens with one attached hydrogen (secondary N) is 1. The third-order valence-electron chi connectivity index (χ3n) is 3.18. The van der Waals surface area contributed by atoms with Gasteiger partial charge in [-0.25, -0.2) is 0 Å². The van der Waals surface area contributed by atoms with Crippen LogP contribution >= 0.6 is 0 Å². The molecule has 2 heteroatoms. The third-order valence-corrected chi connectivity index (χ3v) is 3.18. The Morgan fingerprint density at radius 2 is 1.92 bits per heavy atom. The van der Waals surface area contributed by atoms with E-state index in [1.807, 2.05) is 0 Å². The lowest BCUT2D eigenvalue weighted by molar-refractivity contribution is 0.0463. The number of hydrogen-bond donors (Lipinski definition) is 1. The van der Waals surface area contributed by atoms with Crippen molar-refractivity contribution in [3.8, 4) is 0 Å². The fraction of sp³-hybridized carbons (Fsp3) is 1.00. The summed E-state index contributed by atoms with van der Waals surface area (Å²) in [6.07, 6.45) is 2.80. The molecular weight excluding hydrogens is 148 g/mol. The maximum Gasteiger partial charge on any atom is 0.0341 e. The van der Waals surface area contributed by atoms with Gasteiger partial charge in [-0.05, 0) is 33.6 Å². The van der Waals surface area contributed by atoms with Gasteiger partial charge in [-0.1, -0.05) is 0 Å².